The Kier molecular flexibility index (Phi) is 3.30. The number of hydrogen-bond donors (Lipinski definition) is 3. The SMILES string of the molecule is OCCC1(CCO)CCNC1. The fraction of sp³-hybridized carbons (Fsp3) is 1.00. The topological polar surface area (TPSA) is 52.5 Å². The van der Waals surface area contributed by atoms with E-state index in [4.69, 9.17) is 10.2 Å². The predicted octanol–water partition coefficient (Wildman–Crippen LogP) is -0.269. The summed E-state index contributed by atoms with van der Waals surface area (Å²) >= 11 is 0. The Morgan fingerprint density at radius 3 is 2.18 bits per heavy atom. The van der Waals surface area contributed by atoms with Gasteiger partial charge in [0.15, 0.2) is 0 Å². The van der Waals surface area contributed by atoms with Crippen LogP contribution in [0.25, 0.3) is 0 Å². The van der Waals surface area contributed by atoms with Gasteiger partial charge >= 0.3 is 0 Å². The predicted molar refractivity (Wildman–Crippen MR) is 43.3 cm³/mol. The van der Waals surface area contributed by atoms with E-state index in [0.717, 1.165) is 32.4 Å². The number of rotatable bonds is 4. The molecule has 3 heteroatoms. The summed E-state index contributed by atoms with van der Waals surface area (Å²) in [5, 5.41) is 20.9. The van der Waals surface area contributed by atoms with Crippen LogP contribution in [0, 0.1) is 5.41 Å². The van der Waals surface area contributed by atoms with Crippen molar-refractivity contribution in [2.24, 2.45) is 5.41 Å². The lowest BCUT2D eigenvalue weighted by Crippen LogP contribution is -2.26. The Bertz CT molecular complexity index is 103. The first-order chi connectivity index (χ1) is 5.33. The van der Waals surface area contributed by atoms with Gasteiger partial charge in [-0.2, -0.15) is 0 Å². The van der Waals surface area contributed by atoms with Gasteiger partial charge in [-0.05, 0) is 31.2 Å². The first kappa shape index (κ1) is 8.97. The fourth-order valence-corrected chi connectivity index (χ4v) is 1.82. The highest BCUT2D eigenvalue weighted by atomic mass is 16.3. The van der Waals surface area contributed by atoms with Crippen LogP contribution in [0.4, 0.5) is 0 Å². The molecule has 66 valence electrons. The van der Waals surface area contributed by atoms with E-state index in [1.54, 1.807) is 0 Å². The molecule has 11 heavy (non-hydrogen) atoms. The molecule has 0 aromatic rings. The zero-order valence-corrected chi connectivity index (χ0v) is 6.84. The summed E-state index contributed by atoms with van der Waals surface area (Å²) < 4.78 is 0. The van der Waals surface area contributed by atoms with Gasteiger partial charge in [0, 0.05) is 19.8 Å². The standard InChI is InChI=1S/C8H17NO2/c10-5-2-8(3-6-11)1-4-9-7-8/h9-11H,1-7H2. The molecule has 0 atom stereocenters. The van der Waals surface area contributed by atoms with Gasteiger partial charge in [-0.3, -0.25) is 0 Å². The van der Waals surface area contributed by atoms with Crippen molar-refractivity contribution >= 4 is 0 Å². The van der Waals surface area contributed by atoms with Crippen LogP contribution in [0.5, 0.6) is 0 Å². The maximum atomic E-state index is 8.81. The molecule has 0 aliphatic carbocycles. The van der Waals surface area contributed by atoms with E-state index in [9.17, 15) is 0 Å². The minimum atomic E-state index is 0.184. The van der Waals surface area contributed by atoms with Gasteiger partial charge in [-0.1, -0.05) is 0 Å². The van der Waals surface area contributed by atoms with Gasteiger partial charge in [0.1, 0.15) is 0 Å². The fourth-order valence-electron chi connectivity index (χ4n) is 1.82. The zero-order valence-electron chi connectivity index (χ0n) is 6.84. The first-order valence-corrected chi connectivity index (χ1v) is 4.25. The van der Waals surface area contributed by atoms with Gasteiger partial charge in [0.2, 0.25) is 0 Å². The van der Waals surface area contributed by atoms with Crippen molar-refractivity contribution in [2.45, 2.75) is 19.3 Å². The molecule has 0 radical (unpaired) electrons. The van der Waals surface area contributed by atoms with Crippen molar-refractivity contribution in [1.82, 2.24) is 5.32 Å². The minimum Gasteiger partial charge on any atom is -0.396 e. The Hall–Kier alpha value is -0.120. The van der Waals surface area contributed by atoms with Gasteiger partial charge in [0.25, 0.3) is 0 Å². The quantitative estimate of drug-likeness (QED) is 0.529. The smallest absolute Gasteiger partial charge is 0.0436 e. The van der Waals surface area contributed by atoms with Gasteiger partial charge in [-0.15, -0.1) is 0 Å². The summed E-state index contributed by atoms with van der Waals surface area (Å²) in [6, 6.07) is 0. The third-order valence-corrected chi connectivity index (χ3v) is 2.62. The molecule has 1 rings (SSSR count). The van der Waals surface area contributed by atoms with Crippen LogP contribution >= 0.6 is 0 Å². The van der Waals surface area contributed by atoms with Crippen LogP contribution < -0.4 is 5.32 Å². The third-order valence-electron chi connectivity index (χ3n) is 2.62. The van der Waals surface area contributed by atoms with Crippen molar-refractivity contribution in [3.63, 3.8) is 0 Å². The van der Waals surface area contributed by atoms with Crippen molar-refractivity contribution in [1.29, 1.82) is 0 Å². The van der Waals surface area contributed by atoms with Crippen LogP contribution in [0.15, 0.2) is 0 Å². The maximum Gasteiger partial charge on any atom is 0.0436 e. The zero-order chi connectivity index (χ0) is 8.16. The molecule has 1 fully saturated rings. The van der Waals surface area contributed by atoms with Crippen LogP contribution in [0.1, 0.15) is 19.3 Å². The van der Waals surface area contributed by atoms with Gasteiger partial charge in [0.05, 0.1) is 0 Å². The largest absolute Gasteiger partial charge is 0.396 e. The molecule has 0 amide bonds. The van der Waals surface area contributed by atoms with Crippen LogP contribution in [-0.4, -0.2) is 36.5 Å². The van der Waals surface area contributed by atoms with Crippen LogP contribution in [0.2, 0.25) is 0 Å². The van der Waals surface area contributed by atoms with Crippen LogP contribution in [-0.2, 0) is 0 Å². The van der Waals surface area contributed by atoms with Crippen molar-refractivity contribution in [3.8, 4) is 0 Å². The second-order valence-electron chi connectivity index (χ2n) is 3.37. The molecule has 3 N–H and O–H groups in total. The normalized spacial score (nSPS) is 22.4. The maximum absolute atomic E-state index is 8.81. The minimum absolute atomic E-state index is 0.184. The van der Waals surface area contributed by atoms with E-state index in [1.807, 2.05) is 0 Å². The summed E-state index contributed by atoms with van der Waals surface area (Å²) in [6.07, 6.45) is 2.73. The van der Waals surface area contributed by atoms with E-state index in [0.29, 0.717) is 0 Å². The molecule has 0 aromatic heterocycles. The Balaban J connectivity index is 2.40. The number of hydrogen-bond acceptors (Lipinski definition) is 3. The Morgan fingerprint density at radius 2 is 1.82 bits per heavy atom. The summed E-state index contributed by atoms with van der Waals surface area (Å²) in [4.78, 5) is 0. The molecule has 0 bridgehead atoms. The van der Waals surface area contributed by atoms with E-state index in [2.05, 4.69) is 5.32 Å². The van der Waals surface area contributed by atoms with Gasteiger partial charge in [-0.25, -0.2) is 0 Å². The highest BCUT2D eigenvalue weighted by molar-refractivity contribution is 4.87. The molecule has 0 saturated carbocycles. The average Bonchev–Trinajstić information content (AvgIpc) is 2.39. The second kappa shape index (κ2) is 4.04. The highest BCUT2D eigenvalue weighted by Crippen LogP contribution is 2.32. The number of aliphatic hydroxyl groups excluding tert-OH is 2. The lowest BCUT2D eigenvalue weighted by Gasteiger charge is -2.26. The second-order valence-corrected chi connectivity index (χ2v) is 3.37. The molecular formula is C8H17NO2. The van der Waals surface area contributed by atoms with E-state index >= 15 is 0 Å². The molecule has 0 spiro atoms. The molecular weight excluding hydrogens is 142 g/mol. The summed E-state index contributed by atoms with van der Waals surface area (Å²) in [7, 11) is 0. The monoisotopic (exact) mass is 159 g/mol. The van der Waals surface area contributed by atoms with Crippen LogP contribution in [0.3, 0.4) is 0 Å². The first-order valence-electron chi connectivity index (χ1n) is 4.25. The van der Waals surface area contributed by atoms with Crippen molar-refractivity contribution in [2.75, 3.05) is 26.3 Å². The van der Waals surface area contributed by atoms with Gasteiger partial charge < -0.3 is 15.5 Å². The molecule has 3 nitrogen and oxygen atoms in total. The van der Waals surface area contributed by atoms with Crippen molar-refractivity contribution < 1.29 is 10.2 Å². The van der Waals surface area contributed by atoms with E-state index < -0.39 is 0 Å². The molecule has 1 aliphatic rings. The highest BCUT2D eigenvalue weighted by Gasteiger charge is 2.32. The van der Waals surface area contributed by atoms with E-state index in [1.165, 1.54) is 0 Å². The third kappa shape index (κ3) is 2.15. The summed E-state index contributed by atoms with van der Waals surface area (Å²) in [5.41, 5.74) is 0.184. The average molecular weight is 159 g/mol. The lowest BCUT2D eigenvalue weighted by molar-refractivity contribution is 0.149. The van der Waals surface area contributed by atoms with E-state index in [-0.39, 0.29) is 18.6 Å². The molecule has 1 saturated heterocycles. The molecule has 1 aliphatic heterocycles. The number of aliphatic hydroxyl groups is 2. The number of nitrogens with one attached hydrogen (secondary N) is 1. The Morgan fingerprint density at radius 1 is 1.18 bits per heavy atom. The summed E-state index contributed by atoms with van der Waals surface area (Å²) in [5.74, 6) is 0. The molecule has 1 heterocycles. The lowest BCUT2D eigenvalue weighted by atomic mass is 9.81. The summed E-state index contributed by atoms with van der Waals surface area (Å²) in [6.45, 7) is 2.46. The van der Waals surface area contributed by atoms with Crippen molar-refractivity contribution in [3.05, 3.63) is 0 Å². The Labute approximate surface area is 67.4 Å². The molecule has 0 unspecified atom stereocenters. The molecule has 0 aromatic carbocycles.